The van der Waals surface area contributed by atoms with Crippen molar-refractivity contribution in [2.24, 2.45) is 0 Å². The Kier molecular flexibility index (Phi) is 4.89. The molecule has 20 heavy (non-hydrogen) atoms. The fourth-order valence-electron chi connectivity index (χ4n) is 1.74. The molecule has 0 radical (unpaired) electrons. The van der Waals surface area contributed by atoms with Gasteiger partial charge in [-0.15, -0.1) is 0 Å². The third kappa shape index (κ3) is 3.89. The van der Waals surface area contributed by atoms with Crippen LogP contribution in [0.2, 0.25) is 0 Å². The lowest BCUT2D eigenvalue weighted by Gasteiger charge is -2.07. The van der Waals surface area contributed by atoms with E-state index >= 15 is 0 Å². The van der Waals surface area contributed by atoms with Crippen LogP contribution < -0.4 is 4.72 Å². The van der Waals surface area contributed by atoms with Gasteiger partial charge < -0.3 is 5.11 Å². The monoisotopic (exact) mass is 295 g/mol. The number of nitrogens with zero attached hydrogens (tertiary/aromatic N) is 2. The lowest BCUT2D eigenvalue weighted by Crippen LogP contribution is -2.25. The maximum atomic E-state index is 12.0. The van der Waals surface area contributed by atoms with Crippen molar-refractivity contribution in [3.63, 3.8) is 0 Å². The van der Waals surface area contributed by atoms with Crippen LogP contribution in [0.1, 0.15) is 12.0 Å². The van der Waals surface area contributed by atoms with E-state index in [0.29, 0.717) is 25.1 Å². The van der Waals surface area contributed by atoms with Gasteiger partial charge in [0.2, 0.25) is 10.0 Å². The van der Waals surface area contributed by atoms with Crippen LogP contribution in [0.4, 0.5) is 0 Å². The normalized spacial score (nSPS) is 11.7. The minimum Gasteiger partial charge on any atom is -0.392 e. The van der Waals surface area contributed by atoms with Crippen molar-refractivity contribution < 1.29 is 13.5 Å². The van der Waals surface area contributed by atoms with Gasteiger partial charge in [0.25, 0.3) is 0 Å². The van der Waals surface area contributed by atoms with E-state index in [4.69, 9.17) is 5.11 Å². The molecule has 0 saturated heterocycles. The third-order valence-corrected chi connectivity index (χ3v) is 4.31. The lowest BCUT2D eigenvalue weighted by atomic mass is 10.2. The van der Waals surface area contributed by atoms with Crippen molar-refractivity contribution in [2.45, 2.75) is 24.5 Å². The second-order valence-corrected chi connectivity index (χ2v) is 6.09. The van der Waals surface area contributed by atoms with Crippen molar-refractivity contribution in [1.82, 2.24) is 14.5 Å². The summed E-state index contributed by atoms with van der Waals surface area (Å²) in [6, 6.07) is 7.99. The number of nitrogens with one attached hydrogen (secondary N) is 1. The summed E-state index contributed by atoms with van der Waals surface area (Å²) in [5.74, 6) is 0. The van der Waals surface area contributed by atoms with E-state index < -0.39 is 10.0 Å². The predicted molar refractivity (Wildman–Crippen MR) is 74.4 cm³/mol. The molecule has 0 spiro atoms. The Morgan fingerprint density at radius 1 is 1.25 bits per heavy atom. The van der Waals surface area contributed by atoms with Crippen molar-refractivity contribution in [1.29, 1.82) is 0 Å². The first kappa shape index (κ1) is 14.7. The number of aryl methyl sites for hydroxylation is 1. The molecule has 2 rings (SSSR count). The lowest BCUT2D eigenvalue weighted by molar-refractivity contribution is 0.282. The van der Waals surface area contributed by atoms with Crippen LogP contribution in [-0.4, -0.2) is 29.8 Å². The van der Waals surface area contributed by atoms with Crippen LogP contribution >= 0.6 is 0 Å². The van der Waals surface area contributed by atoms with Crippen molar-refractivity contribution in [2.75, 3.05) is 6.54 Å². The van der Waals surface area contributed by atoms with Crippen LogP contribution in [0.25, 0.3) is 0 Å². The topological polar surface area (TPSA) is 84.2 Å². The molecule has 7 heteroatoms. The number of hydrogen-bond acceptors (Lipinski definition) is 4. The first-order chi connectivity index (χ1) is 9.62. The minimum absolute atomic E-state index is 0.0996. The summed E-state index contributed by atoms with van der Waals surface area (Å²) in [6.45, 7) is 0.917. The molecule has 108 valence electrons. The largest absolute Gasteiger partial charge is 0.392 e. The number of aliphatic hydroxyl groups excluding tert-OH is 1. The zero-order valence-electron chi connectivity index (χ0n) is 10.9. The van der Waals surface area contributed by atoms with Crippen LogP contribution in [0.5, 0.6) is 0 Å². The molecule has 0 atom stereocenters. The molecule has 1 aromatic carbocycles. The third-order valence-electron chi connectivity index (χ3n) is 2.83. The van der Waals surface area contributed by atoms with E-state index in [9.17, 15) is 8.42 Å². The van der Waals surface area contributed by atoms with Crippen LogP contribution in [0, 0.1) is 0 Å². The van der Waals surface area contributed by atoms with Gasteiger partial charge in [-0.1, -0.05) is 12.1 Å². The smallest absolute Gasteiger partial charge is 0.240 e. The number of sulfonamides is 1. The highest BCUT2D eigenvalue weighted by Crippen LogP contribution is 2.10. The minimum atomic E-state index is -3.49. The highest BCUT2D eigenvalue weighted by molar-refractivity contribution is 7.89. The molecule has 1 aromatic heterocycles. The molecule has 0 fully saturated rings. The highest BCUT2D eigenvalue weighted by Gasteiger charge is 2.12. The predicted octanol–water partition coefficient (Wildman–Crippen LogP) is 0.744. The number of aliphatic hydroxyl groups is 1. The quantitative estimate of drug-likeness (QED) is 0.738. The molecule has 2 N–H and O–H groups in total. The summed E-state index contributed by atoms with van der Waals surface area (Å²) >= 11 is 0. The van der Waals surface area contributed by atoms with Gasteiger partial charge in [-0.25, -0.2) is 13.1 Å². The summed E-state index contributed by atoms with van der Waals surface area (Å²) < 4.78 is 28.3. The zero-order valence-corrected chi connectivity index (χ0v) is 11.8. The number of rotatable bonds is 7. The first-order valence-corrected chi connectivity index (χ1v) is 7.77. The van der Waals surface area contributed by atoms with Gasteiger partial charge in [0.15, 0.2) is 0 Å². The average Bonchev–Trinajstić information content (AvgIpc) is 2.97. The van der Waals surface area contributed by atoms with Crippen molar-refractivity contribution >= 4 is 10.0 Å². The maximum Gasteiger partial charge on any atom is 0.240 e. The highest BCUT2D eigenvalue weighted by atomic mass is 32.2. The van der Waals surface area contributed by atoms with E-state index in [1.807, 2.05) is 12.3 Å². The fraction of sp³-hybridized carbons (Fsp3) is 0.308. The summed E-state index contributed by atoms with van der Waals surface area (Å²) in [6.07, 6.45) is 4.19. The molecule has 2 aromatic rings. The molecule has 0 aliphatic rings. The van der Waals surface area contributed by atoms with Gasteiger partial charge in [-0.2, -0.15) is 5.10 Å². The molecule has 1 heterocycles. The van der Waals surface area contributed by atoms with Crippen molar-refractivity contribution in [3.8, 4) is 0 Å². The Morgan fingerprint density at radius 2 is 2.00 bits per heavy atom. The average molecular weight is 295 g/mol. The van der Waals surface area contributed by atoms with Gasteiger partial charge in [0.1, 0.15) is 0 Å². The molecular formula is C13H17N3O3S. The Hall–Kier alpha value is -1.70. The van der Waals surface area contributed by atoms with Gasteiger partial charge in [-0.05, 0) is 30.2 Å². The van der Waals surface area contributed by atoms with E-state index in [-0.39, 0.29) is 11.5 Å². The van der Waals surface area contributed by atoms with Gasteiger partial charge >= 0.3 is 0 Å². The van der Waals surface area contributed by atoms with E-state index in [2.05, 4.69) is 9.82 Å². The Morgan fingerprint density at radius 3 is 2.60 bits per heavy atom. The van der Waals surface area contributed by atoms with Crippen LogP contribution in [0.15, 0.2) is 47.6 Å². The zero-order chi connectivity index (χ0) is 14.4. The number of aromatic nitrogens is 2. The number of benzene rings is 1. The molecule has 0 amide bonds. The Bertz CT molecular complexity index is 621. The second-order valence-electron chi connectivity index (χ2n) is 4.32. The van der Waals surface area contributed by atoms with Gasteiger partial charge in [0.05, 0.1) is 11.5 Å². The standard InChI is InChI=1S/C13H17N3O3S/c17-11-12-3-5-13(6-4-12)20(18,19)15-8-2-10-16-9-1-7-14-16/h1,3-7,9,15,17H,2,8,10-11H2. The summed E-state index contributed by atoms with van der Waals surface area (Å²) in [7, 11) is -3.49. The molecule has 0 aliphatic heterocycles. The summed E-state index contributed by atoms with van der Waals surface area (Å²) in [4.78, 5) is 0.203. The first-order valence-electron chi connectivity index (χ1n) is 6.29. The van der Waals surface area contributed by atoms with Crippen LogP contribution in [-0.2, 0) is 23.2 Å². The molecule has 6 nitrogen and oxygen atoms in total. The SMILES string of the molecule is O=S(=O)(NCCCn1cccn1)c1ccc(CO)cc1. The summed E-state index contributed by atoms with van der Waals surface area (Å²) in [5.41, 5.74) is 0.683. The van der Waals surface area contributed by atoms with E-state index in [1.165, 1.54) is 12.1 Å². The number of hydrogen-bond donors (Lipinski definition) is 2. The van der Waals surface area contributed by atoms with Gasteiger partial charge in [-0.3, -0.25) is 4.68 Å². The second kappa shape index (κ2) is 6.65. The fourth-order valence-corrected chi connectivity index (χ4v) is 2.81. The van der Waals surface area contributed by atoms with Crippen LogP contribution in [0.3, 0.4) is 0 Å². The Labute approximate surface area is 118 Å². The van der Waals surface area contributed by atoms with E-state index in [1.54, 1.807) is 23.0 Å². The van der Waals surface area contributed by atoms with E-state index in [0.717, 1.165) is 0 Å². The van der Waals surface area contributed by atoms with Gasteiger partial charge in [0, 0.05) is 25.5 Å². The molecule has 0 saturated carbocycles. The Balaban J connectivity index is 1.86. The summed E-state index contributed by atoms with van der Waals surface area (Å²) in [5, 5.41) is 13.0. The van der Waals surface area contributed by atoms with Crippen molar-refractivity contribution in [3.05, 3.63) is 48.3 Å². The molecule has 0 aliphatic carbocycles. The molecule has 0 bridgehead atoms. The molecular weight excluding hydrogens is 278 g/mol. The maximum absolute atomic E-state index is 12.0. The molecule has 0 unspecified atom stereocenters.